The van der Waals surface area contributed by atoms with E-state index in [9.17, 15) is 14.4 Å². The molecule has 0 fully saturated rings. The summed E-state index contributed by atoms with van der Waals surface area (Å²) < 4.78 is 4.72. The van der Waals surface area contributed by atoms with E-state index < -0.39 is 12.0 Å². The Hall–Kier alpha value is -2.57. The number of benzene rings is 1. The molecule has 0 atom stereocenters. The van der Waals surface area contributed by atoms with Crippen molar-refractivity contribution in [3.05, 3.63) is 24.3 Å². The average molecular weight is 279 g/mol. The maximum absolute atomic E-state index is 11.6. The minimum Gasteiger partial charge on any atom is -0.466 e. The second kappa shape index (κ2) is 7.78. The largest absolute Gasteiger partial charge is 0.466 e. The van der Waals surface area contributed by atoms with Crippen LogP contribution in [0.4, 0.5) is 16.2 Å². The van der Waals surface area contributed by atoms with Gasteiger partial charge in [0, 0.05) is 17.8 Å². The van der Waals surface area contributed by atoms with E-state index in [1.54, 1.807) is 31.2 Å². The van der Waals surface area contributed by atoms with E-state index in [0.717, 1.165) is 0 Å². The van der Waals surface area contributed by atoms with Gasteiger partial charge in [0.25, 0.3) is 0 Å². The van der Waals surface area contributed by atoms with Gasteiger partial charge in [-0.05, 0) is 31.2 Å². The number of ether oxygens (including phenoxy) is 1. The van der Waals surface area contributed by atoms with Crippen molar-refractivity contribution in [2.45, 2.75) is 19.8 Å². The van der Waals surface area contributed by atoms with Gasteiger partial charge in [-0.1, -0.05) is 0 Å². The Labute approximate surface area is 116 Å². The lowest BCUT2D eigenvalue weighted by atomic mass is 10.2. The summed E-state index contributed by atoms with van der Waals surface area (Å²) in [4.78, 5) is 33.3. The maximum Gasteiger partial charge on any atom is 0.316 e. The van der Waals surface area contributed by atoms with E-state index in [0.29, 0.717) is 18.0 Å². The number of nitrogens with one attached hydrogen (secondary N) is 2. The van der Waals surface area contributed by atoms with Crippen molar-refractivity contribution in [2.24, 2.45) is 5.73 Å². The van der Waals surface area contributed by atoms with Crippen molar-refractivity contribution < 1.29 is 19.1 Å². The van der Waals surface area contributed by atoms with Crippen LogP contribution in [0.15, 0.2) is 24.3 Å². The summed E-state index contributed by atoms with van der Waals surface area (Å²) in [6.45, 7) is 2.01. The van der Waals surface area contributed by atoms with Crippen LogP contribution < -0.4 is 16.4 Å². The van der Waals surface area contributed by atoms with Crippen LogP contribution in [-0.2, 0) is 14.3 Å². The lowest BCUT2D eigenvalue weighted by Gasteiger charge is -2.06. The normalized spacial score (nSPS) is 9.65. The zero-order valence-electron chi connectivity index (χ0n) is 11.1. The topological polar surface area (TPSA) is 111 Å². The summed E-state index contributed by atoms with van der Waals surface area (Å²) in [5, 5.41) is 5.03. The Morgan fingerprint density at radius 3 is 2.10 bits per heavy atom. The molecular weight excluding hydrogens is 262 g/mol. The van der Waals surface area contributed by atoms with Crippen molar-refractivity contribution in [2.75, 3.05) is 17.2 Å². The second-order valence-corrected chi connectivity index (χ2v) is 3.92. The van der Waals surface area contributed by atoms with Gasteiger partial charge in [0.05, 0.1) is 13.0 Å². The van der Waals surface area contributed by atoms with Gasteiger partial charge >= 0.3 is 12.0 Å². The van der Waals surface area contributed by atoms with Crippen molar-refractivity contribution in [3.8, 4) is 0 Å². The molecule has 7 heteroatoms. The van der Waals surface area contributed by atoms with Gasteiger partial charge in [-0.15, -0.1) is 0 Å². The third-order valence-corrected chi connectivity index (χ3v) is 2.30. The Morgan fingerprint density at radius 2 is 1.60 bits per heavy atom. The fourth-order valence-corrected chi connectivity index (χ4v) is 1.45. The van der Waals surface area contributed by atoms with Crippen LogP contribution in [0.3, 0.4) is 0 Å². The van der Waals surface area contributed by atoms with Crippen LogP contribution in [0.1, 0.15) is 19.8 Å². The number of carbonyl (C=O) groups excluding carboxylic acids is 3. The standard InChI is InChI=1S/C13H17N3O4/c1-2-20-12(18)8-7-11(17)15-9-3-5-10(6-4-9)16-13(14)19/h3-6H,2,7-8H2,1H3,(H,15,17)(H3,14,16,19). The van der Waals surface area contributed by atoms with Crippen molar-refractivity contribution >= 4 is 29.3 Å². The summed E-state index contributed by atoms with van der Waals surface area (Å²) in [6.07, 6.45) is 0.0983. The Bertz CT molecular complexity index is 485. The van der Waals surface area contributed by atoms with Crippen LogP contribution in [0.25, 0.3) is 0 Å². The van der Waals surface area contributed by atoms with Crippen LogP contribution in [0, 0.1) is 0 Å². The lowest BCUT2D eigenvalue weighted by Crippen LogP contribution is -2.19. The third kappa shape index (κ3) is 5.85. The van der Waals surface area contributed by atoms with Gasteiger partial charge in [-0.3, -0.25) is 9.59 Å². The summed E-state index contributed by atoms with van der Waals surface area (Å²) in [7, 11) is 0. The first kappa shape index (κ1) is 15.5. The van der Waals surface area contributed by atoms with Gasteiger partial charge in [-0.2, -0.15) is 0 Å². The van der Waals surface area contributed by atoms with E-state index in [1.807, 2.05) is 0 Å². The molecule has 1 rings (SSSR count). The number of hydrogen-bond donors (Lipinski definition) is 3. The highest BCUT2D eigenvalue weighted by atomic mass is 16.5. The third-order valence-electron chi connectivity index (χ3n) is 2.30. The molecule has 1 aromatic rings. The van der Waals surface area contributed by atoms with Gasteiger partial charge < -0.3 is 21.1 Å². The summed E-state index contributed by atoms with van der Waals surface area (Å²) in [5.74, 6) is -0.683. The molecule has 0 saturated heterocycles. The number of esters is 1. The van der Waals surface area contributed by atoms with Gasteiger partial charge in [0.1, 0.15) is 0 Å². The van der Waals surface area contributed by atoms with E-state index >= 15 is 0 Å². The van der Waals surface area contributed by atoms with E-state index in [4.69, 9.17) is 10.5 Å². The summed E-state index contributed by atoms with van der Waals surface area (Å²) in [6, 6.07) is 5.79. The number of anilines is 2. The van der Waals surface area contributed by atoms with Crippen molar-refractivity contribution in [1.82, 2.24) is 0 Å². The summed E-state index contributed by atoms with van der Waals surface area (Å²) in [5.41, 5.74) is 6.07. The highest BCUT2D eigenvalue weighted by molar-refractivity contribution is 5.93. The number of hydrogen-bond acceptors (Lipinski definition) is 4. The van der Waals surface area contributed by atoms with E-state index in [2.05, 4.69) is 10.6 Å². The zero-order chi connectivity index (χ0) is 15.0. The molecule has 0 aromatic heterocycles. The molecule has 0 unspecified atom stereocenters. The molecule has 3 amide bonds. The number of primary amides is 1. The molecule has 1 aromatic carbocycles. The van der Waals surface area contributed by atoms with Crippen LogP contribution >= 0.6 is 0 Å². The van der Waals surface area contributed by atoms with Crippen LogP contribution in [-0.4, -0.2) is 24.5 Å². The SMILES string of the molecule is CCOC(=O)CCC(=O)Nc1ccc(NC(N)=O)cc1. The molecule has 7 nitrogen and oxygen atoms in total. The summed E-state index contributed by atoms with van der Waals surface area (Å²) >= 11 is 0. The van der Waals surface area contributed by atoms with E-state index in [1.165, 1.54) is 0 Å². The molecule has 20 heavy (non-hydrogen) atoms. The number of amides is 3. The molecule has 0 spiro atoms. The molecule has 0 aliphatic rings. The molecule has 0 bridgehead atoms. The Morgan fingerprint density at radius 1 is 1.05 bits per heavy atom. The second-order valence-electron chi connectivity index (χ2n) is 3.92. The number of nitrogens with two attached hydrogens (primary N) is 1. The lowest BCUT2D eigenvalue weighted by molar-refractivity contribution is -0.144. The van der Waals surface area contributed by atoms with Crippen LogP contribution in [0.2, 0.25) is 0 Å². The number of rotatable bonds is 6. The molecular formula is C13H17N3O4. The average Bonchev–Trinajstić information content (AvgIpc) is 2.38. The van der Waals surface area contributed by atoms with Gasteiger partial charge in [0.15, 0.2) is 0 Å². The first-order valence-electron chi connectivity index (χ1n) is 6.13. The minimum absolute atomic E-state index is 0.0426. The predicted molar refractivity (Wildman–Crippen MR) is 74.1 cm³/mol. The highest BCUT2D eigenvalue weighted by Crippen LogP contribution is 2.13. The maximum atomic E-state index is 11.6. The number of urea groups is 1. The molecule has 0 aliphatic carbocycles. The van der Waals surface area contributed by atoms with Gasteiger partial charge in [-0.25, -0.2) is 4.79 Å². The predicted octanol–water partition coefficient (Wildman–Crippen LogP) is 1.46. The van der Waals surface area contributed by atoms with Gasteiger partial charge in [0.2, 0.25) is 5.91 Å². The van der Waals surface area contributed by atoms with Crippen molar-refractivity contribution in [1.29, 1.82) is 0 Å². The minimum atomic E-state index is -0.656. The van der Waals surface area contributed by atoms with Crippen LogP contribution in [0.5, 0.6) is 0 Å². The molecule has 0 heterocycles. The Kier molecular flexibility index (Phi) is 6.02. The Balaban J connectivity index is 2.42. The molecule has 4 N–H and O–H groups in total. The zero-order valence-corrected chi connectivity index (χ0v) is 11.1. The first-order chi connectivity index (χ1) is 9.51. The fourth-order valence-electron chi connectivity index (χ4n) is 1.45. The number of carbonyl (C=O) groups is 3. The molecule has 0 aliphatic heterocycles. The fraction of sp³-hybridized carbons (Fsp3) is 0.308. The highest BCUT2D eigenvalue weighted by Gasteiger charge is 2.07. The smallest absolute Gasteiger partial charge is 0.316 e. The van der Waals surface area contributed by atoms with E-state index in [-0.39, 0.29) is 18.7 Å². The molecule has 108 valence electrons. The molecule has 0 radical (unpaired) electrons. The first-order valence-corrected chi connectivity index (χ1v) is 6.13. The van der Waals surface area contributed by atoms with Crippen molar-refractivity contribution in [3.63, 3.8) is 0 Å². The quantitative estimate of drug-likeness (QED) is 0.684. The monoisotopic (exact) mass is 279 g/mol. The molecule has 0 saturated carbocycles.